The molecule has 2 amide bonds. The maximum Gasteiger partial charge on any atom is 0.329 e. The molecule has 4 unspecified atom stereocenters. The summed E-state index contributed by atoms with van der Waals surface area (Å²) >= 11 is 0. The van der Waals surface area contributed by atoms with E-state index in [0.717, 1.165) is 5.56 Å². The van der Waals surface area contributed by atoms with Gasteiger partial charge in [-0.1, -0.05) is 50.3 Å². The third-order valence-corrected chi connectivity index (χ3v) is 5.47. The second-order valence-corrected chi connectivity index (χ2v) is 8.52. The molecule has 0 bridgehead atoms. The van der Waals surface area contributed by atoms with Gasteiger partial charge in [0.15, 0.2) is 0 Å². The standard InChI is InChI=1S/C24H34N2O6/c1-4-8-19(23(28)26-30)20(13-16(2)3)22(27)25-21(14-17-9-6-5-7-10-17)24(29)32-18-11-12-31-15-18/h4-7,9-10,16,18-21,30H,1,8,11-15H2,2-3H3,(H,25,27)(H,26,28). The molecule has 0 radical (unpaired) electrons. The molecule has 2 rings (SSSR count). The van der Waals surface area contributed by atoms with Crippen LogP contribution in [0.5, 0.6) is 0 Å². The number of amides is 2. The van der Waals surface area contributed by atoms with Gasteiger partial charge < -0.3 is 14.8 Å². The summed E-state index contributed by atoms with van der Waals surface area (Å²) in [7, 11) is 0. The molecule has 8 nitrogen and oxygen atoms in total. The highest BCUT2D eigenvalue weighted by molar-refractivity contribution is 5.90. The Morgan fingerprint density at radius 1 is 1.22 bits per heavy atom. The van der Waals surface area contributed by atoms with Crippen LogP contribution in [0, 0.1) is 17.8 Å². The van der Waals surface area contributed by atoms with Crippen molar-refractivity contribution in [2.75, 3.05) is 13.2 Å². The van der Waals surface area contributed by atoms with E-state index in [4.69, 9.17) is 14.7 Å². The minimum Gasteiger partial charge on any atom is -0.458 e. The van der Waals surface area contributed by atoms with Crippen molar-refractivity contribution in [3.63, 3.8) is 0 Å². The highest BCUT2D eigenvalue weighted by Crippen LogP contribution is 2.25. The number of carbonyl (C=O) groups excluding carboxylic acids is 3. The molecule has 176 valence electrons. The van der Waals surface area contributed by atoms with Crippen molar-refractivity contribution in [1.82, 2.24) is 10.8 Å². The lowest BCUT2D eigenvalue weighted by Crippen LogP contribution is -2.49. The fourth-order valence-electron chi connectivity index (χ4n) is 3.85. The van der Waals surface area contributed by atoms with Crippen LogP contribution in [-0.4, -0.2) is 48.4 Å². The van der Waals surface area contributed by atoms with Crippen molar-refractivity contribution in [3.05, 3.63) is 48.6 Å². The number of rotatable bonds is 12. The summed E-state index contributed by atoms with van der Waals surface area (Å²) in [6.45, 7) is 8.42. The maximum absolute atomic E-state index is 13.3. The third kappa shape index (κ3) is 7.76. The first-order valence-electron chi connectivity index (χ1n) is 11.0. The number of carbonyl (C=O) groups is 3. The van der Waals surface area contributed by atoms with Crippen LogP contribution in [0.25, 0.3) is 0 Å². The summed E-state index contributed by atoms with van der Waals surface area (Å²) in [6.07, 6.45) is 2.69. The average Bonchev–Trinajstić information content (AvgIpc) is 3.28. The topological polar surface area (TPSA) is 114 Å². The Kier molecular flexibility index (Phi) is 10.4. The molecular formula is C24H34N2O6. The fraction of sp³-hybridized carbons (Fsp3) is 0.542. The largest absolute Gasteiger partial charge is 0.458 e. The van der Waals surface area contributed by atoms with Gasteiger partial charge in [0.05, 0.1) is 25.0 Å². The number of hydrogen-bond acceptors (Lipinski definition) is 6. The lowest BCUT2D eigenvalue weighted by Gasteiger charge is -2.28. The lowest BCUT2D eigenvalue weighted by atomic mass is 9.82. The van der Waals surface area contributed by atoms with E-state index in [-0.39, 0.29) is 24.9 Å². The summed E-state index contributed by atoms with van der Waals surface area (Å²) in [5.74, 6) is -3.07. The van der Waals surface area contributed by atoms with E-state index in [2.05, 4.69) is 11.9 Å². The molecule has 0 saturated carbocycles. The smallest absolute Gasteiger partial charge is 0.329 e. The van der Waals surface area contributed by atoms with Crippen LogP contribution in [0.4, 0.5) is 0 Å². The van der Waals surface area contributed by atoms with Crippen LogP contribution in [-0.2, 0) is 30.3 Å². The number of hydroxylamine groups is 1. The molecule has 3 N–H and O–H groups in total. The minimum absolute atomic E-state index is 0.111. The maximum atomic E-state index is 13.3. The molecule has 1 aromatic rings. The van der Waals surface area contributed by atoms with Crippen LogP contribution in [0.1, 0.15) is 38.7 Å². The number of hydrogen-bond donors (Lipinski definition) is 3. The summed E-state index contributed by atoms with van der Waals surface area (Å²) in [5.41, 5.74) is 2.52. The monoisotopic (exact) mass is 446 g/mol. The zero-order chi connectivity index (χ0) is 23.5. The highest BCUT2D eigenvalue weighted by atomic mass is 16.6. The first kappa shape index (κ1) is 25.5. The Morgan fingerprint density at radius 2 is 1.94 bits per heavy atom. The number of allylic oxidation sites excluding steroid dienone is 1. The summed E-state index contributed by atoms with van der Waals surface area (Å²) in [5, 5.41) is 12.0. The molecule has 1 aliphatic rings. The number of nitrogens with one attached hydrogen (secondary N) is 2. The zero-order valence-corrected chi connectivity index (χ0v) is 18.8. The minimum atomic E-state index is -0.915. The first-order valence-corrected chi connectivity index (χ1v) is 11.0. The Bertz CT molecular complexity index is 761. The van der Waals surface area contributed by atoms with E-state index in [1.165, 1.54) is 6.08 Å². The van der Waals surface area contributed by atoms with E-state index in [1.54, 1.807) is 5.48 Å². The molecular weight excluding hydrogens is 412 g/mol. The van der Waals surface area contributed by atoms with E-state index >= 15 is 0 Å². The molecule has 1 heterocycles. The van der Waals surface area contributed by atoms with Gasteiger partial charge in [0.2, 0.25) is 11.8 Å². The Morgan fingerprint density at radius 3 is 2.50 bits per heavy atom. The Balaban J connectivity index is 2.23. The van der Waals surface area contributed by atoms with Gasteiger partial charge in [-0.2, -0.15) is 0 Å². The van der Waals surface area contributed by atoms with Crippen LogP contribution < -0.4 is 10.8 Å². The third-order valence-electron chi connectivity index (χ3n) is 5.47. The van der Waals surface area contributed by atoms with Gasteiger partial charge >= 0.3 is 5.97 Å². The molecule has 0 aliphatic carbocycles. The van der Waals surface area contributed by atoms with Crippen LogP contribution in [0.3, 0.4) is 0 Å². The molecule has 4 atom stereocenters. The van der Waals surface area contributed by atoms with Gasteiger partial charge in [-0.25, -0.2) is 10.3 Å². The van der Waals surface area contributed by atoms with Crippen molar-refractivity contribution in [2.45, 2.75) is 51.7 Å². The van der Waals surface area contributed by atoms with Crippen LogP contribution >= 0.6 is 0 Å². The predicted octanol–water partition coefficient (Wildman–Crippen LogP) is 2.41. The van der Waals surface area contributed by atoms with Crippen molar-refractivity contribution in [1.29, 1.82) is 0 Å². The normalized spacial score (nSPS) is 18.4. The van der Waals surface area contributed by atoms with E-state index < -0.39 is 35.7 Å². The predicted molar refractivity (Wildman–Crippen MR) is 119 cm³/mol. The summed E-state index contributed by atoms with van der Waals surface area (Å²) < 4.78 is 10.8. The summed E-state index contributed by atoms with van der Waals surface area (Å²) in [4.78, 5) is 38.5. The Hall–Kier alpha value is -2.71. The lowest BCUT2D eigenvalue weighted by molar-refractivity contribution is -0.153. The number of ether oxygens (including phenoxy) is 2. The van der Waals surface area contributed by atoms with Gasteiger partial charge in [0, 0.05) is 12.8 Å². The van der Waals surface area contributed by atoms with Crippen molar-refractivity contribution in [2.24, 2.45) is 17.8 Å². The molecule has 0 spiro atoms. The van der Waals surface area contributed by atoms with Crippen LogP contribution in [0.15, 0.2) is 43.0 Å². The van der Waals surface area contributed by atoms with Gasteiger partial charge in [-0.15, -0.1) is 6.58 Å². The zero-order valence-electron chi connectivity index (χ0n) is 18.8. The van der Waals surface area contributed by atoms with E-state index in [0.29, 0.717) is 26.1 Å². The van der Waals surface area contributed by atoms with Gasteiger partial charge in [0.1, 0.15) is 12.1 Å². The van der Waals surface area contributed by atoms with Crippen molar-refractivity contribution in [3.8, 4) is 0 Å². The molecule has 1 aromatic carbocycles. The molecule has 0 aromatic heterocycles. The molecule has 1 fully saturated rings. The fourth-order valence-corrected chi connectivity index (χ4v) is 3.85. The van der Waals surface area contributed by atoms with Gasteiger partial charge in [0.25, 0.3) is 0 Å². The van der Waals surface area contributed by atoms with Gasteiger partial charge in [-0.05, 0) is 24.3 Å². The molecule has 1 saturated heterocycles. The SMILES string of the molecule is C=CCC(C(=O)NO)C(CC(C)C)C(=O)NC(Cc1ccccc1)C(=O)OC1CCOC1. The quantitative estimate of drug-likeness (QED) is 0.197. The second kappa shape index (κ2) is 13.0. The second-order valence-electron chi connectivity index (χ2n) is 8.52. The number of benzene rings is 1. The van der Waals surface area contributed by atoms with E-state index in [9.17, 15) is 14.4 Å². The molecule has 8 heteroatoms. The highest BCUT2D eigenvalue weighted by Gasteiger charge is 2.36. The van der Waals surface area contributed by atoms with E-state index in [1.807, 2.05) is 44.2 Å². The van der Waals surface area contributed by atoms with Crippen LogP contribution in [0.2, 0.25) is 0 Å². The summed E-state index contributed by atoms with van der Waals surface area (Å²) in [6, 6.07) is 8.42. The van der Waals surface area contributed by atoms with Gasteiger partial charge in [-0.3, -0.25) is 14.8 Å². The molecule has 1 aliphatic heterocycles. The Labute approximate surface area is 189 Å². The van der Waals surface area contributed by atoms with Crippen molar-refractivity contribution >= 4 is 17.8 Å². The van der Waals surface area contributed by atoms with Crippen molar-refractivity contribution < 1.29 is 29.1 Å². The average molecular weight is 447 g/mol. The molecule has 32 heavy (non-hydrogen) atoms. The first-order chi connectivity index (χ1) is 15.3. The number of esters is 1.